The molecule has 0 amide bonds. The molecule has 1 N–H and O–H groups in total. The highest BCUT2D eigenvalue weighted by Crippen LogP contribution is 2.27. The fourth-order valence-corrected chi connectivity index (χ4v) is 4.25. The molecule has 2 rings (SSSR count). The summed E-state index contributed by atoms with van der Waals surface area (Å²) in [4.78, 5) is 14.8. The zero-order valence-corrected chi connectivity index (χ0v) is 12.2. The van der Waals surface area contributed by atoms with Crippen LogP contribution in [0.15, 0.2) is 16.3 Å². The van der Waals surface area contributed by atoms with Crippen molar-refractivity contribution in [2.24, 2.45) is 0 Å². The van der Waals surface area contributed by atoms with E-state index < -0.39 is 5.97 Å². The summed E-state index contributed by atoms with van der Waals surface area (Å²) in [5, 5.41) is 10.8. The molecule has 1 aromatic rings. The summed E-state index contributed by atoms with van der Waals surface area (Å²) in [5.41, 5.74) is 0. The molecule has 0 aromatic carbocycles. The second-order valence-corrected chi connectivity index (χ2v) is 6.80. The minimum absolute atomic E-state index is 0.437. The third-order valence-corrected chi connectivity index (χ3v) is 5.50. The molecule has 1 atom stereocenters. The van der Waals surface area contributed by atoms with Gasteiger partial charge in [-0.3, -0.25) is 0 Å². The van der Waals surface area contributed by atoms with E-state index in [1.807, 2.05) is 5.38 Å². The van der Waals surface area contributed by atoms with Gasteiger partial charge in [0.1, 0.15) is 4.88 Å². The second-order valence-electron chi connectivity index (χ2n) is 4.72. The molecule has 1 aliphatic heterocycles. The number of aromatic carboxylic acids is 1. The van der Waals surface area contributed by atoms with Crippen LogP contribution in [0.5, 0.6) is 0 Å². The first-order chi connectivity index (χ1) is 8.66. The second kappa shape index (κ2) is 6.59. The van der Waals surface area contributed by atoms with Crippen molar-refractivity contribution in [2.45, 2.75) is 36.6 Å². The minimum atomic E-state index is -0.820. The number of thioether (sulfide) groups is 1. The summed E-state index contributed by atoms with van der Waals surface area (Å²) >= 11 is 3.09. The van der Waals surface area contributed by atoms with Crippen LogP contribution in [-0.4, -0.2) is 41.4 Å². The molecule has 0 saturated carbocycles. The van der Waals surface area contributed by atoms with E-state index in [9.17, 15) is 4.79 Å². The van der Waals surface area contributed by atoms with Gasteiger partial charge in [0.15, 0.2) is 0 Å². The summed E-state index contributed by atoms with van der Waals surface area (Å²) < 4.78 is 0. The summed E-state index contributed by atoms with van der Waals surface area (Å²) in [5.74, 6) is 0.254. The van der Waals surface area contributed by atoms with Gasteiger partial charge < -0.3 is 10.0 Å². The average Bonchev–Trinajstić information content (AvgIpc) is 2.80. The SMILES string of the molecule is CN1CCCCC1CCSc1csc(C(=O)O)c1. The molecule has 18 heavy (non-hydrogen) atoms. The number of carbonyl (C=O) groups is 1. The lowest BCUT2D eigenvalue weighted by atomic mass is 10.0. The molecule has 1 fully saturated rings. The van der Waals surface area contributed by atoms with Gasteiger partial charge in [0, 0.05) is 16.3 Å². The van der Waals surface area contributed by atoms with Crippen molar-refractivity contribution < 1.29 is 9.90 Å². The molecular weight excluding hydrogens is 266 g/mol. The smallest absolute Gasteiger partial charge is 0.345 e. The Morgan fingerprint density at radius 2 is 2.44 bits per heavy atom. The number of hydrogen-bond acceptors (Lipinski definition) is 4. The van der Waals surface area contributed by atoms with Gasteiger partial charge in [0.2, 0.25) is 0 Å². The lowest BCUT2D eigenvalue weighted by Gasteiger charge is -2.32. The number of hydrogen-bond donors (Lipinski definition) is 1. The van der Waals surface area contributed by atoms with E-state index in [4.69, 9.17) is 5.11 Å². The highest BCUT2D eigenvalue weighted by Gasteiger charge is 2.18. The number of piperidine rings is 1. The topological polar surface area (TPSA) is 40.5 Å². The Labute approximate surface area is 116 Å². The first-order valence-electron chi connectivity index (χ1n) is 6.31. The Kier molecular flexibility index (Phi) is 5.09. The Balaban J connectivity index is 1.75. The fourth-order valence-electron chi connectivity index (χ4n) is 2.33. The number of rotatable bonds is 5. The number of likely N-dealkylation sites (tertiary alicyclic amines) is 1. The van der Waals surface area contributed by atoms with Crippen molar-refractivity contribution in [3.8, 4) is 0 Å². The van der Waals surface area contributed by atoms with Crippen molar-refractivity contribution in [3.05, 3.63) is 16.3 Å². The molecule has 0 bridgehead atoms. The van der Waals surface area contributed by atoms with Gasteiger partial charge in [-0.15, -0.1) is 23.1 Å². The van der Waals surface area contributed by atoms with Gasteiger partial charge in [-0.2, -0.15) is 0 Å². The standard InChI is InChI=1S/C13H19NO2S2/c1-14-6-3-2-4-10(14)5-7-17-11-8-12(13(15)16)18-9-11/h8-10H,2-7H2,1H3,(H,15,16). The molecule has 0 radical (unpaired) electrons. The first kappa shape index (κ1) is 13.9. The lowest BCUT2D eigenvalue weighted by molar-refractivity contribution is 0.0702. The lowest BCUT2D eigenvalue weighted by Crippen LogP contribution is -2.36. The van der Waals surface area contributed by atoms with Crippen LogP contribution in [-0.2, 0) is 0 Å². The van der Waals surface area contributed by atoms with Gasteiger partial charge in [-0.25, -0.2) is 4.79 Å². The number of nitrogens with zero attached hydrogens (tertiary/aromatic N) is 1. The van der Waals surface area contributed by atoms with E-state index in [1.165, 1.54) is 43.6 Å². The van der Waals surface area contributed by atoms with E-state index in [0.29, 0.717) is 10.9 Å². The van der Waals surface area contributed by atoms with Crippen LogP contribution in [0, 0.1) is 0 Å². The van der Waals surface area contributed by atoms with Crippen molar-refractivity contribution in [2.75, 3.05) is 19.3 Å². The van der Waals surface area contributed by atoms with Crippen LogP contribution in [0.4, 0.5) is 0 Å². The van der Waals surface area contributed by atoms with Crippen molar-refractivity contribution in [3.63, 3.8) is 0 Å². The minimum Gasteiger partial charge on any atom is -0.477 e. The number of carboxylic acids is 1. The summed E-state index contributed by atoms with van der Waals surface area (Å²) in [6.45, 7) is 1.22. The Morgan fingerprint density at radius 3 is 3.11 bits per heavy atom. The Bertz CT molecular complexity index is 405. The molecule has 3 nitrogen and oxygen atoms in total. The maximum absolute atomic E-state index is 10.8. The van der Waals surface area contributed by atoms with E-state index in [1.54, 1.807) is 17.8 Å². The molecule has 1 unspecified atom stereocenters. The molecule has 0 aliphatic carbocycles. The summed E-state index contributed by atoms with van der Waals surface area (Å²) in [6.07, 6.45) is 5.18. The first-order valence-corrected chi connectivity index (χ1v) is 8.18. The maximum Gasteiger partial charge on any atom is 0.345 e. The molecule has 1 aliphatic rings. The van der Waals surface area contributed by atoms with E-state index in [-0.39, 0.29) is 0 Å². The van der Waals surface area contributed by atoms with Crippen LogP contribution < -0.4 is 0 Å². The van der Waals surface area contributed by atoms with Crippen molar-refractivity contribution >= 4 is 29.1 Å². The van der Waals surface area contributed by atoms with Gasteiger partial charge in [0.25, 0.3) is 0 Å². The molecule has 5 heteroatoms. The Morgan fingerprint density at radius 1 is 1.61 bits per heavy atom. The number of carboxylic acid groups (broad SMARTS) is 1. The zero-order chi connectivity index (χ0) is 13.0. The predicted molar refractivity (Wildman–Crippen MR) is 76.9 cm³/mol. The Hall–Kier alpha value is -0.520. The van der Waals surface area contributed by atoms with Gasteiger partial charge >= 0.3 is 5.97 Å². The van der Waals surface area contributed by atoms with Crippen LogP contribution in [0.2, 0.25) is 0 Å². The largest absolute Gasteiger partial charge is 0.477 e. The van der Waals surface area contributed by atoms with Gasteiger partial charge in [-0.05, 0) is 44.7 Å². The summed E-state index contributed by atoms with van der Waals surface area (Å²) in [7, 11) is 2.21. The summed E-state index contributed by atoms with van der Waals surface area (Å²) in [6, 6.07) is 2.49. The van der Waals surface area contributed by atoms with Crippen molar-refractivity contribution in [1.82, 2.24) is 4.90 Å². The van der Waals surface area contributed by atoms with E-state index >= 15 is 0 Å². The predicted octanol–water partition coefficient (Wildman–Crippen LogP) is 3.41. The molecule has 100 valence electrons. The van der Waals surface area contributed by atoms with E-state index in [2.05, 4.69) is 11.9 Å². The molecule has 0 spiro atoms. The van der Waals surface area contributed by atoms with Crippen LogP contribution >= 0.6 is 23.1 Å². The highest BCUT2D eigenvalue weighted by molar-refractivity contribution is 7.99. The molecular formula is C13H19NO2S2. The normalized spacial score (nSPS) is 21.1. The van der Waals surface area contributed by atoms with Gasteiger partial charge in [0.05, 0.1) is 0 Å². The quantitative estimate of drug-likeness (QED) is 0.842. The molecule has 1 saturated heterocycles. The fraction of sp³-hybridized carbons (Fsp3) is 0.615. The van der Waals surface area contributed by atoms with Crippen LogP contribution in [0.1, 0.15) is 35.4 Å². The third kappa shape index (κ3) is 3.73. The van der Waals surface area contributed by atoms with Gasteiger partial charge in [-0.1, -0.05) is 6.42 Å². The monoisotopic (exact) mass is 285 g/mol. The highest BCUT2D eigenvalue weighted by atomic mass is 32.2. The van der Waals surface area contributed by atoms with E-state index in [0.717, 1.165) is 10.6 Å². The third-order valence-electron chi connectivity index (χ3n) is 3.43. The van der Waals surface area contributed by atoms with Crippen molar-refractivity contribution in [1.29, 1.82) is 0 Å². The molecule has 2 heterocycles. The molecule has 1 aromatic heterocycles. The maximum atomic E-state index is 10.8. The average molecular weight is 285 g/mol. The zero-order valence-electron chi connectivity index (χ0n) is 10.6. The van der Waals surface area contributed by atoms with Crippen LogP contribution in [0.3, 0.4) is 0 Å². The number of thiophene rings is 1. The van der Waals surface area contributed by atoms with Crippen LogP contribution in [0.25, 0.3) is 0 Å².